The van der Waals surface area contributed by atoms with Crippen LogP contribution in [0, 0.1) is 6.92 Å². The Labute approximate surface area is 220 Å². The number of pyridine rings is 1. The number of halogens is 1. The third kappa shape index (κ3) is 3.80. The van der Waals surface area contributed by atoms with Crippen molar-refractivity contribution in [2.45, 2.75) is 26.7 Å². The molecule has 0 spiro atoms. The first-order valence-electron chi connectivity index (χ1n) is 12.6. The minimum atomic E-state index is -0.350. The van der Waals surface area contributed by atoms with Gasteiger partial charge in [-0.25, -0.2) is 4.79 Å². The van der Waals surface area contributed by atoms with Crippen LogP contribution in [0.3, 0.4) is 0 Å². The molecule has 0 N–H and O–H groups in total. The highest BCUT2D eigenvalue weighted by Crippen LogP contribution is 2.37. The lowest BCUT2D eigenvalue weighted by Crippen LogP contribution is -2.31. The van der Waals surface area contributed by atoms with E-state index in [1.54, 1.807) is 0 Å². The predicted octanol–water partition coefficient (Wildman–Crippen LogP) is 7.87. The standard InChI is InChI=1S/C32H26ClN2O2/c1-3-4-19-37-32(36)29-24-15-9-14-22(21-12-6-5-11-20(21)2)30(24)34-35-27-18-8-7-13-23(27)28-25(31(29)35)16-10-17-26(28)33/h5-18H,3-4,19H2,1-2H3/q+1. The van der Waals surface area contributed by atoms with Crippen molar-refractivity contribution in [1.29, 1.82) is 0 Å². The third-order valence-electron chi connectivity index (χ3n) is 6.99. The molecule has 182 valence electrons. The number of benzene rings is 4. The molecule has 0 unspecified atom stereocenters. The molecule has 2 heterocycles. The van der Waals surface area contributed by atoms with Crippen molar-refractivity contribution in [2.24, 2.45) is 0 Å². The summed E-state index contributed by atoms with van der Waals surface area (Å²) < 4.78 is 7.73. The average molecular weight is 506 g/mol. The van der Waals surface area contributed by atoms with E-state index in [2.05, 4.69) is 32.0 Å². The first kappa shape index (κ1) is 23.4. The van der Waals surface area contributed by atoms with Gasteiger partial charge in [-0.1, -0.05) is 85.6 Å². The lowest BCUT2D eigenvalue weighted by molar-refractivity contribution is -0.548. The lowest BCUT2D eigenvalue weighted by atomic mass is 9.95. The number of hydrogen-bond donors (Lipinski definition) is 0. The highest BCUT2D eigenvalue weighted by atomic mass is 35.5. The SMILES string of the molecule is CCCCOC(=O)c1c2cccc(-c3ccccc3C)c2n[n+]2c3ccccc3c3c(Cl)cccc3c12. The molecular formula is C32H26ClN2O2+. The van der Waals surface area contributed by atoms with Crippen molar-refractivity contribution in [2.75, 3.05) is 6.61 Å². The number of ether oxygens (including phenoxy) is 1. The van der Waals surface area contributed by atoms with E-state index < -0.39 is 0 Å². The summed E-state index contributed by atoms with van der Waals surface area (Å²) in [5, 5.41) is 9.35. The number of carbonyl (C=O) groups excluding carboxylic acids is 1. The van der Waals surface area contributed by atoms with E-state index in [9.17, 15) is 4.79 Å². The van der Waals surface area contributed by atoms with Gasteiger partial charge in [-0.3, -0.25) is 0 Å². The van der Waals surface area contributed by atoms with Crippen LogP contribution in [-0.4, -0.2) is 17.7 Å². The molecule has 2 aromatic heterocycles. The van der Waals surface area contributed by atoms with Gasteiger partial charge in [0.15, 0.2) is 0 Å². The Hall–Kier alpha value is -4.02. The van der Waals surface area contributed by atoms with Gasteiger partial charge in [-0.15, -0.1) is 0 Å². The molecule has 0 saturated heterocycles. The monoisotopic (exact) mass is 505 g/mol. The summed E-state index contributed by atoms with van der Waals surface area (Å²) in [5.41, 5.74) is 6.04. The topological polar surface area (TPSA) is 43.3 Å². The Kier molecular flexibility index (Phi) is 5.97. The van der Waals surface area contributed by atoms with E-state index in [0.29, 0.717) is 22.7 Å². The van der Waals surface area contributed by atoms with Crippen molar-refractivity contribution in [3.05, 3.63) is 101 Å². The summed E-state index contributed by atoms with van der Waals surface area (Å²) in [6.45, 7) is 4.54. The maximum atomic E-state index is 13.8. The zero-order valence-electron chi connectivity index (χ0n) is 20.8. The Morgan fingerprint density at radius 2 is 1.57 bits per heavy atom. The smallest absolute Gasteiger partial charge is 0.345 e. The molecule has 0 aliphatic carbocycles. The van der Waals surface area contributed by atoms with Gasteiger partial charge in [0.1, 0.15) is 11.1 Å². The maximum absolute atomic E-state index is 13.8. The second-order valence-electron chi connectivity index (χ2n) is 9.32. The van der Waals surface area contributed by atoms with Gasteiger partial charge in [-0.2, -0.15) is 0 Å². The molecule has 0 radical (unpaired) electrons. The predicted molar refractivity (Wildman–Crippen MR) is 150 cm³/mol. The van der Waals surface area contributed by atoms with Crippen molar-refractivity contribution < 1.29 is 14.0 Å². The molecule has 6 aromatic rings. The first-order valence-corrected chi connectivity index (χ1v) is 13.0. The van der Waals surface area contributed by atoms with Crippen molar-refractivity contribution in [1.82, 2.24) is 5.10 Å². The number of para-hydroxylation sites is 1. The minimum absolute atomic E-state index is 0.350. The number of nitrogens with zero attached hydrogens (tertiary/aromatic N) is 2. The van der Waals surface area contributed by atoms with Crippen LogP contribution in [0.15, 0.2) is 84.9 Å². The van der Waals surface area contributed by atoms with Gasteiger partial charge in [-0.05, 0) is 47.2 Å². The second-order valence-corrected chi connectivity index (χ2v) is 9.73. The molecule has 37 heavy (non-hydrogen) atoms. The molecular weight excluding hydrogens is 480 g/mol. The van der Waals surface area contributed by atoms with Crippen molar-refractivity contribution >= 4 is 55.7 Å². The quantitative estimate of drug-likeness (QED) is 0.0787. The second kappa shape index (κ2) is 9.45. The zero-order valence-corrected chi connectivity index (χ0v) is 21.5. The van der Waals surface area contributed by atoms with E-state index in [4.69, 9.17) is 21.4 Å². The van der Waals surface area contributed by atoms with Crippen LogP contribution in [0.4, 0.5) is 0 Å². The van der Waals surface area contributed by atoms with E-state index in [0.717, 1.165) is 62.1 Å². The minimum Gasteiger partial charge on any atom is -0.462 e. The number of esters is 1. The van der Waals surface area contributed by atoms with Crippen LogP contribution in [-0.2, 0) is 4.74 Å². The molecule has 4 aromatic carbocycles. The van der Waals surface area contributed by atoms with Crippen molar-refractivity contribution in [3.63, 3.8) is 0 Å². The highest BCUT2D eigenvalue weighted by molar-refractivity contribution is 6.38. The normalized spacial score (nSPS) is 11.5. The number of aryl methyl sites for hydroxylation is 1. The van der Waals surface area contributed by atoms with Gasteiger partial charge < -0.3 is 4.74 Å². The fourth-order valence-electron chi connectivity index (χ4n) is 5.20. The van der Waals surface area contributed by atoms with E-state index >= 15 is 0 Å². The molecule has 0 amide bonds. The number of carbonyl (C=O) groups is 1. The Morgan fingerprint density at radius 1 is 0.865 bits per heavy atom. The Morgan fingerprint density at radius 3 is 2.41 bits per heavy atom. The number of aromatic nitrogens is 2. The molecule has 6 rings (SSSR count). The number of unbranched alkanes of at least 4 members (excludes halogenated alkanes) is 1. The first-order chi connectivity index (χ1) is 18.1. The van der Waals surface area contributed by atoms with Gasteiger partial charge in [0, 0.05) is 32.5 Å². The summed E-state index contributed by atoms with van der Waals surface area (Å²) in [6, 6.07) is 28.1. The summed E-state index contributed by atoms with van der Waals surface area (Å²) in [6.07, 6.45) is 1.75. The van der Waals surface area contributed by atoms with Crippen molar-refractivity contribution in [3.8, 4) is 11.1 Å². The Bertz CT molecular complexity index is 1840. The van der Waals surface area contributed by atoms with E-state index in [1.165, 1.54) is 0 Å². The maximum Gasteiger partial charge on any atom is 0.345 e. The molecule has 0 atom stereocenters. The van der Waals surface area contributed by atoms with Gasteiger partial charge in [0.05, 0.1) is 17.4 Å². The molecule has 0 aliphatic rings. The summed E-state index contributed by atoms with van der Waals surface area (Å²) in [7, 11) is 0. The summed E-state index contributed by atoms with van der Waals surface area (Å²) in [5.74, 6) is -0.350. The number of rotatable bonds is 5. The highest BCUT2D eigenvalue weighted by Gasteiger charge is 2.30. The largest absolute Gasteiger partial charge is 0.462 e. The molecule has 5 heteroatoms. The van der Waals surface area contributed by atoms with Crippen LogP contribution in [0.2, 0.25) is 5.02 Å². The van der Waals surface area contributed by atoms with Gasteiger partial charge in [0.25, 0.3) is 5.52 Å². The van der Waals surface area contributed by atoms with Crippen LogP contribution in [0.5, 0.6) is 0 Å². The Balaban J connectivity index is 1.84. The summed E-state index contributed by atoms with van der Waals surface area (Å²) in [4.78, 5) is 13.8. The molecule has 0 aliphatic heterocycles. The van der Waals surface area contributed by atoms with E-state index in [-0.39, 0.29) is 5.97 Å². The lowest BCUT2D eigenvalue weighted by Gasteiger charge is -2.13. The van der Waals surface area contributed by atoms with Gasteiger partial charge >= 0.3 is 5.97 Å². The van der Waals surface area contributed by atoms with Gasteiger partial charge in [0.2, 0.25) is 5.52 Å². The fourth-order valence-corrected chi connectivity index (χ4v) is 5.48. The zero-order chi connectivity index (χ0) is 25.5. The van der Waals surface area contributed by atoms with E-state index in [1.807, 2.05) is 71.2 Å². The van der Waals surface area contributed by atoms with Crippen LogP contribution >= 0.6 is 11.6 Å². The molecule has 0 bridgehead atoms. The third-order valence-corrected chi connectivity index (χ3v) is 7.31. The fraction of sp³-hybridized carbons (Fsp3) is 0.156. The molecule has 4 nitrogen and oxygen atoms in total. The summed E-state index contributed by atoms with van der Waals surface area (Å²) >= 11 is 6.77. The van der Waals surface area contributed by atoms with Crippen LogP contribution < -0.4 is 4.52 Å². The number of hydrogen-bond acceptors (Lipinski definition) is 3. The molecule has 0 saturated carbocycles. The molecule has 0 fully saturated rings. The average Bonchev–Trinajstić information content (AvgIpc) is 2.92. The number of fused-ring (bicyclic) bond motifs is 7. The van der Waals surface area contributed by atoms with Crippen LogP contribution in [0.1, 0.15) is 35.7 Å². The van der Waals surface area contributed by atoms with Crippen LogP contribution in [0.25, 0.3) is 49.2 Å².